The summed E-state index contributed by atoms with van der Waals surface area (Å²) in [5.41, 5.74) is 3.23. The maximum Gasteiger partial charge on any atom is 0.266 e. The van der Waals surface area contributed by atoms with Gasteiger partial charge in [0.2, 0.25) is 5.91 Å². The molecule has 3 aromatic carbocycles. The molecule has 162 valence electrons. The van der Waals surface area contributed by atoms with E-state index in [0.717, 1.165) is 16.9 Å². The molecule has 2 saturated heterocycles. The number of carbonyl (C=O) groups is 2. The van der Waals surface area contributed by atoms with Crippen molar-refractivity contribution in [3.05, 3.63) is 89.4 Å². The first-order chi connectivity index (χ1) is 15.5. The monoisotopic (exact) mass is 447 g/mol. The molecule has 2 amide bonds. The summed E-state index contributed by atoms with van der Waals surface area (Å²) in [6.45, 7) is 0. The van der Waals surface area contributed by atoms with Crippen molar-refractivity contribution in [2.75, 3.05) is 29.0 Å². The third-order valence-corrected chi connectivity index (χ3v) is 6.21. The van der Waals surface area contributed by atoms with Gasteiger partial charge in [-0.15, -0.1) is 0 Å². The van der Waals surface area contributed by atoms with Gasteiger partial charge in [0.15, 0.2) is 6.10 Å². The molecule has 0 spiro atoms. The van der Waals surface area contributed by atoms with E-state index >= 15 is 0 Å². The summed E-state index contributed by atoms with van der Waals surface area (Å²) in [5, 5.41) is 2.27. The predicted octanol–water partition coefficient (Wildman–Crippen LogP) is 4.46. The van der Waals surface area contributed by atoms with Crippen molar-refractivity contribution in [1.29, 1.82) is 0 Å². The van der Waals surface area contributed by atoms with Crippen LogP contribution in [-0.4, -0.2) is 32.0 Å². The van der Waals surface area contributed by atoms with Crippen molar-refractivity contribution in [3.63, 3.8) is 0 Å². The first-order valence-corrected chi connectivity index (χ1v) is 10.8. The second-order valence-corrected chi connectivity index (χ2v) is 8.57. The van der Waals surface area contributed by atoms with Crippen molar-refractivity contribution in [3.8, 4) is 0 Å². The van der Waals surface area contributed by atoms with Gasteiger partial charge in [-0.25, -0.2) is 9.96 Å². The summed E-state index contributed by atoms with van der Waals surface area (Å²) in [6, 6.07) is 23.7. The third-order valence-electron chi connectivity index (χ3n) is 5.96. The predicted molar refractivity (Wildman–Crippen MR) is 125 cm³/mol. The molecular weight excluding hydrogens is 426 g/mol. The minimum atomic E-state index is -0.892. The van der Waals surface area contributed by atoms with E-state index in [0.29, 0.717) is 10.7 Å². The van der Waals surface area contributed by atoms with Crippen LogP contribution in [0.25, 0.3) is 0 Å². The average Bonchev–Trinajstić information content (AvgIpc) is 3.31. The Hall–Kier alpha value is -3.35. The van der Waals surface area contributed by atoms with Gasteiger partial charge in [-0.05, 0) is 54.1 Å². The Morgan fingerprint density at radius 1 is 0.812 bits per heavy atom. The van der Waals surface area contributed by atoms with E-state index in [1.165, 1.54) is 4.90 Å². The molecule has 7 heteroatoms. The summed E-state index contributed by atoms with van der Waals surface area (Å²) in [4.78, 5) is 36.2. The van der Waals surface area contributed by atoms with Crippen LogP contribution in [0.1, 0.15) is 11.6 Å². The number of nitrogens with zero attached hydrogens (tertiary/aromatic N) is 3. The SMILES string of the molecule is CN(C)c1ccc([C@@H]2[C@H]3C(=O)N(c4ccccc4)C(=O)[C@@H]3ON2c2ccc(Cl)cc2)cc1. The van der Waals surface area contributed by atoms with Crippen molar-refractivity contribution >= 4 is 40.5 Å². The van der Waals surface area contributed by atoms with Gasteiger partial charge in [-0.1, -0.05) is 41.9 Å². The summed E-state index contributed by atoms with van der Waals surface area (Å²) in [5.74, 6) is -1.27. The third kappa shape index (κ3) is 3.32. The Balaban J connectivity index is 1.57. The molecule has 0 N–H and O–H groups in total. The lowest BCUT2D eigenvalue weighted by Crippen LogP contribution is -2.37. The number of benzene rings is 3. The van der Waals surface area contributed by atoms with Gasteiger partial charge in [0.25, 0.3) is 5.91 Å². The quantitative estimate of drug-likeness (QED) is 0.553. The van der Waals surface area contributed by atoms with Crippen molar-refractivity contribution in [1.82, 2.24) is 0 Å². The van der Waals surface area contributed by atoms with E-state index < -0.39 is 18.1 Å². The van der Waals surface area contributed by atoms with Gasteiger partial charge in [0.1, 0.15) is 5.92 Å². The van der Waals surface area contributed by atoms with Crippen LogP contribution in [0.2, 0.25) is 5.02 Å². The molecule has 3 atom stereocenters. The zero-order valence-corrected chi connectivity index (χ0v) is 18.4. The highest BCUT2D eigenvalue weighted by Gasteiger charge is 2.60. The second kappa shape index (κ2) is 7.97. The molecule has 32 heavy (non-hydrogen) atoms. The molecule has 2 fully saturated rings. The van der Waals surface area contributed by atoms with Crippen LogP contribution in [0.15, 0.2) is 78.9 Å². The smallest absolute Gasteiger partial charge is 0.266 e. The Kier molecular flexibility index (Phi) is 5.12. The molecule has 0 radical (unpaired) electrons. The molecule has 0 unspecified atom stereocenters. The van der Waals surface area contributed by atoms with E-state index in [-0.39, 0.29) is 11.8 Å². The summed E-state index contributed by atoms with van der Waals surface area (Å²) < 4.78 is 0. The first-order valence-electron chi connectivity index (χ1n) is 10.4. The van der Waals surface area contributed by atoms with Crippen LogP contribution in [0.5, 0.6) is 0 Å². The van der Waals surface area contributed by atoms with Gasteiger partial charge >= 0.3 is 0 Å². The maximum atomic E-state index is 13.6. The Morgan fingerprint density at radius 3 is 2.09 bits per heavy atom. The van der Waals surface area contributed by atoms with Crippen molar-refractivity contribution in [2.24, 2.45) is 5.92 Å². The van der Waals surface area contributed by atoms with Gasteiger partial charge in [0, 0.05) is 24.8 Å². The fourth-order valence-corrected chi connectivity index (χ4v) is 4.49. The van der Waals surface area contributed by atoms with E-state index in [2.05, 4.69) is 0 Å². The van der Waals surface area contributed by atoms with Crippen LogP contribution < -0.4 is 14.9 Å². The number of rotatable bonds is 4. The number of anilines is 3. The van der Waals surface area contributed by atoms with E-state index in [4.69, 9.17) is 16.4 Å². The van der Waals surface area contributed by atoms with E-state index in [9.17, 15) is 9.59 Å². The highest BCUT2D eigenvalue weighted by atomic mass is 35.5. The van der Waals surface area contributed by atoms with Crippen LogP contribution in [0, 0.1) is 5.92 Å². The van der Waals surface area contributed by atoms with Crippen LogP contribution in [0.4, 0.5) is 17.1 Å². The van der Waals surface area contributed by atoms with Crippen LogP contribution in [-0.2, 0) is 14.4 Å². The lowest BCUT2D eigenvalue weighted by atomic mass is 9.90. The Morgan fingerprint density at radius 2 is 1.47 bits per heavy atom. The number of hydroxylamine groups is 1. The molecule has 0 aliphatic carbocycles. The standard InChI is InChI=1S/C25H22ClN3O3/c1-27(2)18-12-8-16(9-13-18)22-21-23(32-29(22)20-14-10-17(26)11-15-20)25(31)28(24(21)30)19-6-4-3-5-7-19/h3-15,21-23H,1-2H3/t21-,22-,23-/m1/s1. The normalized spacial score (nSPS) is 22.4. The molecule has 0 bridgehead atoms. The highest BCUT2D eigenvalue weighted by molar-refractivity contribution is 6.30. The second-order valence-electron chi connectivity index (χ2n) is 8.13. The molecule has 0 saturated carbocycles. The van der Waals surface area contributed by atoms with Gasteiger partial charge in [0.05, 0.1) is 17.4 Å². The van der Waals surface area contributed by atoms with Gasteiger partial charge in [-0.2, -0.15) is 0 Å². The van der Waals surface area contributed by atoms with E-state index in [1.54, 1.807) is 29.3 Å². The number of para-hydroxylation sites is 1. The first kappa shape index (κ1) is 20.5. The molecule has 6 nitrogen and oxygen atoms in total. The topological polar surface area (TPSA) is 53.1 Å². The molecular formula is C25H22ClN3O3. The lowest BCUT2D eigenvalue weighted by molar-refractivity contribution is -0.126. The van der Waals surface area contributed by atoms with E-state index in [1.807, 2.05) is 73.6 Å². The van der Waals surface area contributed by atoms with Crippen LogP contribution >= 0.6 is 11.6 Å². The molecule has 2 aliphatic heterocycles. The lowest BCUT2D eigenvalue weighted by Gasteiger charge is -2.29. The molecule has 2 heterocycles. The Labute approximate surface area is 191 Å². The number of imide groups is 1. The van der Waals surface area contributed by atoms with Gasteiger partial charge in [-0.3, -0.25) is 14.4 Å². The zero-order chi connectivity index (χ0) is 22.4. The van der Waals surface area contributed by atoms with Gasteiger partial charge < -0.3 is 4.90 Å². The molecule has 3 aromatic rings. The number of hydrogen-bond donors (Lipinski definition) is 0. The summed E-state index contributed by atoms with van der Waals surface area (Å²) in [7, 11) is 3.95. The summed E-state index contributed by atoms with van der Waals surface area (Å²) in [6.07, 6.45) is -0.892. The number of amides is 2. The number of carbonyl (C=O) groups excluding carboxylic acids is 2. The van der Waals surface area contributed by atoms with Crippen molar-refractivity contribution < 1.29 is 14.4 Å². The summed E-state index contributed by atoms with van der Waals surface area (Å²) >= 11 is 6.07. The largest absolute Gasteiger partial charge is 0.378 e. The number of hydrogen-bond acceptors (Lipinski definition) is 5. The number of halogens is 1. The van der Waals surface area contributed by atoms with Crippen molar-refractivity contribution in [2.45, 2.75) is 12.1 Å². The highest BCUT2D eigenvalue weighted by Crippen LogP contribution is 2.47. The molecule has 5 rings (SSSR count). The fraction of sp³-hybridized carbons (Fsp3) is 0.200. The fourth-order valence-electron chi connectivity index (χ4n) is 4.37. The Bertz CT molecular complexity index is 1150. The zero-order valence-electron chi connectivity index (χ0n) is 17.7. The minimum Gasteiger partial charge on any atom is -0.378 e. The average molecular weight is 448 g/mol. The molecule has 0 aromatic heterocycles. The maximum absolute atomic E-state index is 13.6. The molecule has 2 aliphatic rings. The number of fused-ring (bicyclic) bond motifs is 1. The minimum absolute atomic E-state index is 0.260. The van der Waals surface area contributed by atoms with Crippen LogP contribution in [0.3, 0.4) is 0 Å².